The molecular formula is C49H56Cl2N8O9. The number of fused-ring (bicyclic) bond motifs is 2. The van der Waals surface area contributed by atoms with Gasteiger partial charge in [0.05, 0.1) is 83.4 Å². The molecule has 17 nitrogen and oxygen atoms in total. The summed E-state index contributed by atoms with van der Waals surface area (Å²) in [6.45, 7) is 11.3. The third kappa shape index (κ3) is 12.2. The lowest BCUT2D eigenvalue weighted by Gasteiger charge is -2.34. The van der Waals surface area contributed by atoms with Crippen molar-refractivity contribution in [1.82, 2.24) is 25.0 Å². The smallest absolute Gasteiger partial charge is 0.264 e. The molecule has 19 heteroatoms. The molecule has 3 aliphatic rings. The number of pyridine rings is 1. The molecule has 0 bridgehead atoms. The maximum Gasteiger partial charge on any atom is 0.264 e. The van der Waals surface area contributed by atoms with Gasteiger partial charge in [-0.2, -0.15) is 5.26 Å². The topological polar surface area (TPSA) is 197 Å². The standard InChI is InChI=1S/C49H56Cl2N8O9/c1-31-12-13-40(47(61)54-31)59-48(62)33-10-8-11-37(45(33)49(59)63)55-44(60)30-67-23-22-66-20-7-5-4-6-14-57-16-18-58(19-17-57)15-9-21-68-43-26-38-34(24-42(43)65-3)46(32(28-52)29-53-38)56-39-27-41(64-2)36(51)25-35(39)50/h8,10-11,24-27,29,40H,1,4-7,9,12-23,30H2,2-3H3,(H,53,56)(H,54,61)(H,55,60). The number of allylic oxidation sites excluding steroid dienone is 1. The number of unbranched alkanes of at least 4 members (excludes halogenated alkanes) is 3. The summed E-state index contributed by atoms with van der Waals surface area (Å²) in [5, 5.41) is 19.9. The summed E-state index contributed by atoms with van der Waals surface area (Å²) in [4.78, 5) is 62.1. The van der Waals surface area contributed by atoms with Crippen molar-refractivity contribution in [1.29, 1.82) is 5.26 Å². The molecule has 1 atom stereocenters. The molecule has 1 unspecified atom stereocenters. The van der Waals surface area contributed by atoms with Gasteiger partial charge >= 0.3 is 0 Å². The molecule has 0 saturated carbocycles. The van der Waals surface area contributed by atoms with Crippen LogP contribution in [0.5, 0.6) is 17.2 Å². The largest absolute Gasteiger partial charge is 0.495 e. The molecule has 2 saturated heterocycles. The first-order valence-corrected chi connectivity index (χ1v) is 23.5. The predicted octanol–water partition coefficient (Wildman–Crippen LogP) is 7.18. The van der Waals surface area contributed by atoms with Gasteiger partial charge < -0.3 is 49.4 Å². The van der Waals surface area contributed by atoms with Gasteiger partial charge in [-0.3, -0.25) is 29.1 Å². The van der Waals surface area contributed by atoms with Gasteiger partial charge in [0.25, 0.3) is 11.8 Å². The fourth-order valence-electron chi connectivity index (χ4n) is 8.48. The van der Waals surface area contributed by atoms with Crippen molar-refractivity contribution < 1.29 is 42.9 Å². The highest BCUT2D eigenvalue weighted by molar-refractivity contribution is 6.37. The Morgan fingerprint density at radius 3 is 2.32 bits per heavy atom. The van der Waals surface area contributed by atoms with Crippen molar-refractivity contribution in [3.05, 3.63) is 87.7 Å². The first-order valence-electron chi connectivity index (χ1n) is 22.7. The summed E-state index contributed by atoms with van der Waals surface area (Å²) >= 11 is 12.7. The fourth-order valence-corrected chi connectivity index (χ4v) is 8.99. The number of hydrogen-bond donors (Lipinski definition) is 3. The van der Waals surface area contributed by atoms with E-state index in [9.17, 15) is 24.4 Å². The van der Waals surface area contributed by atoms with Crippen LogP contribution in [0.15, 0.2) is 60.9 Å². The van der Waals surface area contributed by atoms with Crippen molar-refractivity contribution in [3.8, 4) is 23.3 Å². The molecular weight excluding hydrogens is 915 g/mol. The lowest BCUT2D eigenvalue weighted by atomic mass is 10.0. The van der Waals surface area contributed by atoms with Gasteiger partial charge in [-0.25, -0.2) is 0 Å². The molecule has 3 aliphatic heterocycles. The van der Waals surface area contributed by atoms with Crippen molar-refractivity contribution in [2.75, 3.05) is 97.2 Å². The molecule has 4 heterocycles. The summed E-state index contributed by atoms with van der Waals surface area (Å²) in [6.07, 6.45) is 7.35. The van der Waals surface area contributed by atoms with Gasteiger partial charge in [0.2, 0.25) is 11.8 Å². The number of nitrogens with one attached hydrogen (secondary N) is 3. The molecule has 1 aromatic heterocycles. The zero-order chi connectivity index (χ0) is 48.2. The molecule has 0 spiro atoms. The second-order valence-corrected chi connectivity index (χ2v) is 17.5. The van der Waals surface area contributed by atoms with E-state index in [-0.39, 0.29) is 36.4 Å². The van der Waals surface area contributed by atoms with Crippen LogP contribution in [0.25, 0.3) is 10.9 Å². The van der Waals surface area contributed by atoms with Gasteiger partial charge in [0.15, 0.2) is 11.5 Å². The van der Waals surface area contributed by atoms with E-state index in [4.69, 9.17) is 46.9 Å². The fraction of sp³-hybridized carbons (Fsp3) is 0.429. The second-order valence-electron chi connectivity index (χ2n) is 16.6. The first kappa shape index (κ1) is 49.9. The van der Waals surface area contributed by atoms with Crippen molar-refractivity contribution in [2.45, 2.75) is 51.0 Å². The second kappa shape index (κ2) is 23.8. The third-order valence-corrected chi connectivity index (χ3v) is 12.7. The normalized spacial score (nSPS) is 16.4. The summed E-state index contributed by atoms with van der Waals surface area (Å²) in [5.74, 6) is -0.582. The molecule has 2 fully saturated rings. The predicted molar refractivity (Wildman–Crippen MR) is 258 cm³/mol. The molecule has 0 aliphatic carbocycles. The van der Waals surface area contributed by atoms with Crippen molar-refractivity contribution >= 4 is 74.8 Å². The molecule has 68 heavy (non-hydrogen) atoms. The zero-order valence-electron chi connectivity index (χ0n) is 38.3. The number of aromatic nitrogens is 1. The number of carbonyl (C=O) groups excluding carboxylic acids is 4. The Bertz CT molecular complexity index is 2560. The van der Waals surface area contributed by atoms with Crippen LogP contribution in [0.3, 0.4) is 0 Å². The minimum absolute atomic E-state index is 0.0664. The Morgan fingerprint density at radius 1 is 0.853 bits per heavy atom. The van der Waals surface area contributed by atoms with E-state index in [2.05, 4.69) is 43.4 Å². The minimum atomic E-state index is -0.938. The lowest BCUT2D eigenvalue weighted by Crippen LogP contribution is -2.51. The summed E-state index contributed by atoms with van der Waals surface area (Å²) in [7, 11) is 3.10. The quantitative estimate of drug-likeness (QED) is 0.0499. The number of anilines is 3. The zero-order valence-corrected chi connectivity index (χ0v) is 39.8. The molecule has 3 N–H and O–H groups in total. The Balaban J connectivity index is 0.728. The van der Waals surface area contributed by atoms with E-state index in [0.717, 1.165) is 76.3 Å². The van der Waals surface area contributed by atoms with E-state index in [1.54, 1.807) is 31.4 Å². The van der Waals surface area contributed by atoms with Crippen LogP contribution in [0, 0.1) is 11.3 Å². The first-order chi connectivity index (χ1) is 33.0. The number of halogens is 2. The molecule has 7 rings (SSSR count). The van der Waals surface area contributed by atoms with E-state index in [1.165, 1.54) is 19.4 Å². The van der Waals surface area contributed by atoms with E-state index in [1.807, 2.05) is 12.1 Å². The van der Waals surface area contributed by atoms with Gasteiger partial charge in [-0.1, -0.05) is 48.7 Å². The Hall–Kier alpha value is -6.00. The number of nitrogens with zero attached hydrogens (tertiary/aromatic N) is 5. The van der Waals surface area contributed by atoms with Crippen LogP contribution in [0.1, 0.15) is 71.2 Å². The Labute approximate surface area is 405 Å². The number of nitriles is 1. The highest BCUT2D eigenvalue weighted by Crippen LogP contribution is 2.41. The molecule has 4 aromatic rings. The number of methoxy groups -OCH3 is 2. The van der Waals surface area contributed by atoms with Gasteiger partial charge in [-0.15, -0.1) is 0 Å². The number of benzene rings is 3. The average Bonchev–Trinajstić information content (AvgIpc) is 3.59. The third-order valence-electron chi connectivity index (χ3n) is 12.1. The van der Waals surface area contributed by atoms with Crippen LogP contribution in [0.4, 0.5) is 17.1 Å². The minimum Gasteiger partial charge on any atom is -0.495 e. The van der Waals surface area contributed by atoms with Crippen LogP contribution in [0.2, 0.25) is 10.0 Å². The number of piperidine rings is 1. The molecule has 3 aromatic carbocycles. The number of rotatable bonds is 23. The SMILES string of the molecule is C=C1CCC(N2C(=O)c3cccc(NC(=O)COCCOCCCCCCN4CCN(CCCOc5cc6ncc(C#N)c(Nc7cc(OC)c(Cl)cc7Cl)c6cc5OC)CC4)c3C2=O)C(=O)N1. The summed E-state index contributed by atoms with van der Waals surface area (Å²) < 4.78 is 28.5. The number of ether oxygens (including phenoxy) is 5. The Kier molecular flexibility index (Phi) is 17.5. The summed E-state index contributed by atoms with van der Waals surface area (Å²) in [5.41, 5.74) is 2.94. The van der Waals surface area contributed by atoms with E-state index in [0.29, 0.717) is 87.1 Å². The lowest BCUT2D eigenvalue weighted by molar-refractivity contribution is -0.125. The Morgan fingerprint density at radius 2 is 1.59 bits per heavy atom. The van der Waals surface area contributed by atoms with Gasteiger partial charge in [0, 0.05) is 68.7 Å². The maximum atomic E-state index is 13.3. The number of hydrogen-bond acceptors (Lipinski definition) is 14. The number of piperazine rings is 1. The molecule has 360 valence electrons. The molecule has 0 radical (unpaired) electrons. The van der Waals surface area contributed by atoms with Crippen molar-refractivity contribution in [2.24, 2.45) is 0 Å². The van der Waals surface area contributed by atoms with E-state index < -0.39 is 29.7 Å². The van der Waals surface area contributed by atoms with Gasteiger partial charge in [-0.05, 0) is 62.9 Å². The molecule has 4 amide bonds. The van der Waals surface area contributed by atoms with Crippen molar-refractivity contribution in [3.63, 3.8) is 0 Å². The average molecular weight is 972 g/mol. The highest BCUT2D eigenvalue weighted by Gasteiger charge is 2.45. The van der Waals surface area contributed by atoms with Crippen LogP contribution in [-0.2, 0) is 19.1 Å². The number of amides is 4. The van der Waals surface area contributed by atoms with Crippen LogP contribution in [-0.4, -0.2) is 136 Å². The number of imide groups is 1. The van der Waals surface area contributed by atoms with Crippen LogP contribution < -0.4 is 30.2 Å². The van der Waals surface area contributed by atoms with Gasteiger partial charge in [0.1, 0.15) is 24.5 Å². The van der Waals surface area contributed by atoms with E-state index >= 15 is 0 Å². The highest BCUT2D eigenvalue weighted by atomic mass is 35.5. The van der Waals surface area contributed by atoms with Crippen LogP contribution >= 0.6 is 23.2 Å². The summed E-state index contributed by atoms with van der Waals surface area (Å²) in [6, 6.07) is 12.8. The number of carbonyl (C=O) groups is 4. The maximum absolute atomic E-state index is 13.3. The monoisotopic (exact) mass is 970 g/mol.